The molecular formula is C15H23ClN2O3. The Morgan fingerprint density at radius 3 is 3.10 bits per heavy atom. The Kier molecular flexibility index (Phi) is 6.73. The highest BCUT2D eigenvalue weighted by Crippen LogP contribution is 2.26. The number of hydrogen-bond donors (Lipinski definition) is 2. The molecular weight excluding hydrogens is 292 g/mol. The molecule has 0 bridgehead atoms. The normalized spacial score (nSPS) is 19.0. The Morgan fingerprint density at radius 1 is 1.52 bits per heavy atom. The van der Waals surface area contributed by atoms with Crippen LogP contribution in [-0.2, 0) is 16.0 Å². The predicted octanol–water partition coefficient (Wildman–Crippen LogP) is 1.27. The van der Waals surface area contributed by atoms with Crippen LogP contribution in [0.4, 0.5) is 5.69 Å². The highest BCUT2D eigenvalue weighted by atomic mass is 35.5. The van der Waals surface area contributed by atoms with E-state index in [9.17, 15) is 5.11 Å². The van der Waals surface area contributed by atoms with Crippen molar-refractivity contribution in [3.05, 3.63) is 28.8 Å². The van der Waals surface area contributed by atoms with Crippen molar-refractivity contribution < 1.29 is 14.6 Å². The fourth-order valence-corrected chi connectivity index (χ4v) is 2.64. The summed E-state index contributed by atoms with van der Waals surface area (Å²) in [5.41, 5.74) is 2.09. The van der Waals surface area contributed by atoms with Crippen LogP contribution in [-0.4, -0.2) is 57.8 Å². The van der Waals surface area contributed by atoms with Gasteiger partial charge in [-0.15, -0.1) is 0 Å². The van der Waals surface area contributed by atoms with Gasteiger partial charge in [0.05, 0.1) is 32.5 Å². The van der Waals surface area contributed by atoms with Crippen molar-refractivity contribution in [3.63, 3.8) is 0 Å². The van der Waals surface area contributed by atoms with Gasteiger partial charge in [-0.05, 0) is 17.7 Å². The van der Waals surface area contributed by atoms with Crippen LogP contribution in [0.2, 0.25) is 5.02 Å². The lowest BCUT2D eigenvalue weighted by Gasteiger charge is -2.36. The van der Waals surface area contributed by atoms with Crippen LogP contribution in [0.3, 0.4) is 0 Å². The minimum absolute atomic E-state index is 0.000458. The van der Waals surface area contributed by atoms with Crippen molar-refractivity contribution in [1.29, 1.82) is 0 Å². The molecule has 1 atom stereocenters. The van der Waals surface area contributed by atoms with Crippen molar-refractivity contribution in [2.24, 2.45) is 0 Å². The fourth-order valence-electron chi connectivity index (χ4n) is 2.40. The molecule has 0 aliphatic carbocycles. The third kappa shape index (κ3) is 4.56. The minimum atomic E-state index is 0.000458. The van der Waals surface area contributed by atoms with Crippen molar-refractivity contribution in [2.75, 3.05) is 51.5 Å². The lowest BCUT2D eigenvalue weighted by molar-refractivity contribution is 0.0727. The number of hydrogen-bond acceptors (Lipinski definition) is 5. The standard InChI is InChI=1S/C15H23ClN2O3/c1-20-6-4-17-9-12-2-3-13(8-15(12)16)18-5-7-21-11-14(18)10-19/h2-3,8,14,17,19H,4-7,9-11H2,1H3. The zero-order valence-electron chi connectivity index (χ0n) is 12.3. The molecule has 0 radical (unpaired) electrons. The molecule has 0 aromatic heterocycles. The predicted molar refractivity (Wildman–Crippen MR) is 84.1 cm³/mol. The van der Waals surface area contributed by atoms with Crippen LogP contribution in [0.15, 0.2) is 18.2 Å². The number of aliphatic hydroxyl groups is 1. The first kappa shape index (κ1) is 16.5. The van der Waals surface area contributed by atoms with E-state index >= 15 is 0 Å². The van der Waals surface area contributed by atoms with Gasteiger partial charge in [-0.1, -0.05) is 17.7 Å². The summed E-state index contributed by atoms with van der Waals surface area (Å²) in [6.45, 7) is 4.27. The third-order valence-corrected chi connectivity index (χ3v) is 3.96. The quantitative estimate of drug-likeness (QED) is 0.743. The molecule has 1 heterocycles. The summed E-state index contributed by atoms with van der Waals surface area (Å²) >= 11 is 6.36. The molecule has 0 amide bonds. The van der Waals surface area contributed by atoms with Gasteiger partial charge in [-0.25, -0.2) is 0 Å². The van der Waals surface area contributed by atoms with E-state index in [0.29, 0.717) is 19.8 Å². The van der Waals surface area contributed by atoms with Crippen LogP contribution in [0.1, 0.15) is 5.56 Å². The number of aliphatic hydroxyl groups excluding tert-OH is 1. The van der Waals surface area contributed by atoms with Crippen LogP contribution in [0.25, 0.3) is 0 Å². The van der Waals surface area contributed by atoms with E-state index in [2.05, 4.69) is 10.2 Å². The lowest BCUT2D eigenvalue weighted by atomic mass is 10.1. The number of anilines is 1. The van der Waals surface area contributed by atoms with Gasteiger partial charge in [0.2, 0.25) is 0 Å². The first-order valence-electron chi connectivity index (χ1n) is 7.19. The lowest BCUT2D eigenvalue weighted by Crippen LogP contribution is -2.47. The molecule has 1 saturated heterocycles. The van der Waals surface area contributed by atoms with E-state index in [0.717, 1.165) is 35.9 Å². The summed E-state index contributed by atoms with van der Waals surface area (Å²) < 4.78 is 10.4. The van der Waals surface area contributed by atoms with Gasteiger partial charge in [0, 0.05) is 37.5 Å². The zero-order chi connectivity index (χ0) is 15.1. The fraction of sp³-hybridized carbons (Fsp3) is 0.600. The number of rotatable bonds is 7. The Bertz CT molecular complexity index is 445. The van der Waals surface area contributed by atoms with E-state index < -0.39 is 0 Å². The molecule has 1 aliphatic heterocycles. The van der Waals surface area contributed by atoms with E-state index in [4.69, 9.17) is 21.1 Å². The van der Waals surface area contributed by atoms with Crippen molar-refractivity contribution in [2.45, 2.75) is 12.6 Å². The Labute approximate surface area is 130 Å². The first-order valence-corrected chi connectivity index (χ1v) is 7.57. The molecule has 21 heavy (non-hydrogen) atoms. The highest BCUT2D eigenvalue weighted by Gasteiger charge is 2.22. The second-order valence-electron chi connectivity index (χ2n) is 5.05. The first-order chi connectivity index (χ1) is 10.3. The molecule has 1 aromatic rings. The molecule has 1 unspecified atom stereocenters. The number of nitrogens with zero attached hydrogens (tertiary/aromatic N) is 1. The van der Waals surface area contributed by atoms with Crippen LogP contribution in [0, 0.1) is 0 Å². The smallest absolute Gasteiger partial charge is 0.0755 e. The molecule has 5 nitrogen and oxygen atoms in total. The number of ether oxygens (including phenoxy) is 2. The Balaban J connectivity index is 2.00. The number of nitrogens with one attached hydrogen (secondary N) is 1. The minimum Gasteiger partial charge on any atom is -0.394 e. The van der Waals surface area contributed by atoms with E-state index in [1.54, 1.807) is 7.11 Å². The largest absolute Gasteiger partial charge is 0.394 e. The summed E-state index contributed by atoms with van der Waals surface area (Å²) in [5, 5.41) is 13.5. The topological polar surface area (TPSA) is 54.0 Å². The molecule has 1 aliphatic rings. The zero-order valence-corrected chi connectivity index (χ0v) is 13.1. The molecule has 1 fully saturated rings. The van der Waals surface area contributed by atoms with Crippen LogP contribution >= 0.6 is 11.6 Å². The molecule has 2 N–H and O–H groups in total. The van der Waals surface area contributed by atoms with Gasteiger partial charge in [-0.3, -0.25) is 0 Å². The molecule has 0 spiro atoms. The average molecular weight is 315 g/mol. The van der Waals surface area contributed by atoms with Gasteiger partial charge in [-0.2, -0.15) is 0 Å². The second-order valence-corrected chi connectivity index (χ2v) is 5.46. The number of halogens is 1. The Hall–Kier alpha value is -0.850. The number of methoxy groups -OCH3 is 1. The third-order valence-electron chi connectivity index (χ3n) is 3.60. The SMILES string of the molecule is COCCNCc1ccc(N2CCOCC2CO)cc1Cl. The van der Waals surface area contributed by atoms with Crippen molar-refractivity contribution in [1.82, 2.24) is 5.32 Å². The molecule has 1 aromatic carbocycles. The molecule has 0 saturated carbocycles. The Morgan fingerprint density at radius 2 is 2.38 bits per heavy atom. The maximum Gasteiger partial charge on any atom is 0.0755 e. The summed E-state index contributed by atoms with van der Waals surface area (Å²) in [6, 6.07) is 6.04. The summed E-state index contributed by atoms with van der Waals surface area (Å²) in [6.07, 6.45) is 0. The van der Waals surface area contributed by atoms with Gasteiger partial charge < -0.3 is 24.8 Å². The maximum atomic E-state index is 9.44. The molecule has 118 valence electrons. The number of morpholine rings is 1. The molecule has 6 heteroatoms. The van der Waals surface area contributed by atoms with E-state index in [-0.39, 0.29) is 12.6 Å². The monoisotopic (exact) mass is 314 g/mol. The van der Waals surface area contributed by atoms with Crippen LogP contribution in [0.5, 0.6) is 0 Å². The summed E-state index contributed by atoms with van der Waals surface area (Å²) in [5.74, 6) is 0. The second kappa shape index (κ2) is 8.56. The van der Waals surface area contributed by atoms with E-state index in [1.165, 1.54) is 0 Å². The van der Waals surface area contributed by atoms with Gasteiger partial charge >= 0.3 is 0 Å². The van der Waals surface area contributed by atoms with Crippen molar-refractivity contribution in [3.8, 4) is 0 Å². The van der Waals surface area contributed by atoms with Crippen molar-refractivity contribution >= 4 is 17.3 Å². The summed E-state index contributed by atoms with van der Waals surface area (Å²) in [7, 11) is 1.68. The van der Waals surface area contributed by atoms with Gasteiger partial charge in [0.15, 0.2) is 0 Å². The van der Waals surface area contributed by atoms with Gasteiger partial charge in [0.25, 0.3) is 0 Å². The average Bonchev–Trinajstić information content (AvgIpc) is 2.52. The molecule has 2 rings (SSSR count). The van der Waals surface area contributed by atoms with E-state index in [1.807, 2.05) is 18.2 Å². The maximum absolute atomic E-state index is 9.44. The highest BCUT2D eigenvalue weighted by molar-refractivity contribution is 6.31. The van der Waals surface area contributed by atoms with Crippen LogP contribution < -0.4 is 10.2 Å². The summed E-state index contributed by atoms with van der Waals surface area (Å²) in [4.78, 5) is 2.15. The number of benzene rings is 1. The van der Waals surface area contributed by atoms with Gasteiger partial charge in [0.1, 0.15) is 0 Å².